The molecule has 0 saturated heterocycles. The number of rotatable bonds is 11. The third-order valence-corrected chi connectivity index (χ3v) is 5.65. The Labute approximate surface area is 216 Å². The summed E-state index contributed by atoms with van der Waals surface area (Å²) >= 11 is 1.14. The van der Waals surface area contributed by atoms with E-state index in [9.17, 15) is 9.59 Å². The van der Waals surface area contributed by atoms with Crippen molar-refractivity contribution in [2.45, 2.75) is 26.4 Å². The minimum Gasteiger partial charge on any atom is -0.488 e. The van der Waals surface area contributed by atoms with Crippen molar-refractivity contribution in [1.82, 2.24) is 15.2 Å². The predicted octanol–water partition coefficient (Wildman–Crippen LogP) is 4.59. The van der Waals surface area contributed by atoms with Crippen molar-refractivity contribution in [3.8, 4) is 28.7 Å². The van der Waals surface area contributed by atoms with Crippen LogP contribution in [0.25, 0.3) is 11.5 Å². The van der Waals surface area contributed by atoms with E-state index in [2.05, 4.69) is 20.5 Å². The van der Waals surface area contributed by atoms with Crippen molar-refractivity contribution in [3.05, 3.63) is 65.0 Å². The lowest BCUT2D eigenvalue weighted by Gasteiger charge is -2.16. The first-order chi connectivity index (χ1) is 17.8. The summed E-state index contributed by atoms with van der Waals surface area (Å²) < 4.78 is 22.5. The number of carbonyl (C=O) groups is 2. The lowest BCUT2D eigenvalue weighted by atomic mass is 10.1. The van der Waals surface area contributed by atoms with E-state index in [0.29, 0.717) is 41.3 Å². The van der Waals surface area contributed by atoms with Crippen LogP contribution in [0.15, 0.2) is 52.3 Å². The summed E-state index contributed by atoms with van der Waals surface area (Å²) in [5, 5.41) is 21.3. The molecule has 2 aromatic carbocycles. The molecule has 11 nitrogen and oxygen atoms in total. The molecule has 0 aliphatic carbocycles. The van der Waals surface area contributed by atoms with Gasteiger partial charge in [0.2, 0.25) is 11.8 Å². The Bertz CT molecular complexity index is 1380. The molecule has 0 radical (unpaired) electrons. The quantitative estimate of drug-likeness (QED) is 0.286. The number of aromatic nitrogens is 3. The zero-order valence-corrected chi connectivity index (χ0v) is 21.1. The molecule has 0 fully saturated rings. The maximum Gasteiger partial charge on any atom is 0.309 e. The van der Waals surface area contributed by atoms with Crippen LogP contribution in [-0.2, 0) is 16.0 Å². The van der Waals surface area contributed by atoms with Crippen molar-refractivity contribution in [1.29, 1.82) is 0 Å². The summed E-state index contributed by atoms with van der Waals surface area (Å²) in [5.41, 5.74) is 1.37. The van der Waals surface area contributed by atoms with Crippen molar-refractivity contribution < 1.29 is 33.3 Å². The number of ether oxygens (including phenoxy) is 3. The molecule has 0 saturated carbocycles. The molecule has 0 spiro atoms. The highest BCUT2D eigenvalue weighted by Gasteiger charge is 2.16. The second-order valence-corrected chi connectivity index (χ2v) is 8.86. The molecular weight excluding hydrogens is 500 g/mol. The lowest BCUT2D eigenvalue weighted by molar-refractivity contribution is -0.136. The van der Waals surface area contributed by atoms with Crippen LogP contribution in [0.2, 0.25) is 0 Å². The second kappa shape index (κ2) is 11.6. The van der Waals surface area contributed by atoms with E-state index in [-0.39, 0.29) is 23.2 Å². The van der Waals surface area contributed by atoms with Gasteiger partial charge < -0.3 is 23.7 Å². The van der Waals surface area contributed by atoms with Crippen LogP contribution in [0.5, 0.6) is 17.2 Å². The average Bonchev–Trinajstić information content (AvgIpc) is 3.47. The lowest BCUT2D eigenvalue weighted by Crippen LogP contribution is -2.18. The molecule has 2 aromatic heterocycles. The van der Waals surface area contributed by atoms with Crippen LogP contribution in [0.3, 0.4) is 0 Å². The minimum absolute atomic E-state index is 0.226. The Morgan fingerprint density at radius 2 is 1.86 bits per heavy atom. The molecule has 192 valence electrons. The van der Waals surface area contributed by atoms with Gasteiger partial charge in [0, 0.05) is 36.6 Å². The van der Waals surface area contributed by atoms with E-state index < -0.39 is 11.9 Å². The van der Waals surface area contributed by atoms with E-state index in [1.165, 1.54) is 0 Å². The third kappa shape index (κ3) is 7.12. The van der Waals surface area contributed by atoms with E-state index >= 15 is 0 Å². The molecule has 1 amide bonds. The molecule has 0 aliphatic heterocycles. The molecule has 4 aromatic rings. The molecule has 1 atom stereocenters. The monoisotopic (exact) mass is 524 g/mol. The number of amides is 1. The van der Waals surface area contributed by atoms with Gasteiger partial charge in [0.25, 0.3) is 5.91 Å². The molecule has 12 heteroatoms. The predicted molar refractivity (Wildman–Crippen MR) is 134 cm³/mol. The first-order valence-electron chi connectivity index (χ1n) is 11.2. The second-order valence-electron chi connectivity index (χ2n) is 8.00. The highest BCUT2D eigenvalue weighted by Crippen LogP contribution is 2.30. The number of hydrogen-bond donors (Lipinski definition) is 2. The van der Waals surface area contributed by atoms with Crippen molar-refractivity contribution in [3.63, 3.8) is 0 Å². The van der Waals surface area contributed by atoms with Crippen molar-refractivity contribution in [2.24, 2.45) is 0 Å². The first kappa shape index (κ1) is 25.8. The number of aliphatic carboxylic acids is 1. The smallest absolute Gasteiger partial charge is 0.309 e. The van der Waals surface area contributed by atoms with Crippen LogP contribution in [0, 0.1) is 6.92 Å². The van der Waals surface area contributed by atoms with Gasteiger partial charge in [-0.05, 0) is 43.3 Å². The molecule has 2 N–H and O–H groups in total. The van der Waals surface area contributed by atoms with Gasteiger partial charge in [-0.2, -0.15) is 0 Å². The minimum atomic E-state index is -1.000. The van der Waals surface area contributed by atoms with Gasteiger partial charge in [0.05, 0.1) is 18.7 Å². The van der Waals surface area contributed by atoms with E-state index in [4.69, 9.17) is 23.7 Å². The van der Waals surface area contributed by atoms with Gasteiger partial charge in [-0.3, -0.25) is 14.9 Å². The van der Waals surface area contributed by atoms with E-state index in [0.717, 1.165) is 16.9 Å². The fourth-order valence-electron chi connectivity index (χ4n) is 3.32. The van der Waals surface area contributed by atoms with Gasteiger partial charge in [0.1, 0.15) is 23.4 Å². The maximum absolute atomic E-state index is 13.0. The third-order valence-electron chi connectivity index (χ3n) is 4.85. The summed E-state index contributed by atoms with van der Waals surface area (Å²) in [4.78, 5) is 28.0. The number of thiazole rings is 1. The average molecular weight is 525 g/mol. The Morgan fingerprint density at radius 3 is 2.54 bits per heavy atom. The summed E-state index contributed by atoms with van der Waals surface area (Å²) in [6.07, 6.45) is -0.499. The van der Waals surface area contributed by atoms with Crippen LogP contribution < -0.4 is 14.8 Å². The number of carboxylic acid groups (broad SMARTS) is 1. The highest BCUT2D eigenvalue weighted by atomic mass is 32.1. The highest BCUT2D eigenvalue weighted by molar-refractivity contribution is 7.14. The number of nitrogens with zero attached hydrogens (tertiary/aromatic N) is 3. The van der Waals surface area contributed by atoms with E-state index in [1.54, 1.807) is 61.9 Å². The number of nitrogens with one attached hydrogen (secondary N) is 1. The Balaban J connectivity index is 1.55. The number of anilines is 1. The number of carbonyl (C=O) groups excluding carboxylic acids is 1. The molecule has 4 rings (SSSR count). The fraction of sp³-hybridized carbons (Fsp3) is 0.240. The zero-order valence-electron chi connectivity index (χ0n) is 20.3. The Hall–Kier alpha value is -4.29. The maximum atomic E-state index is 13.0. The van der Waals surface area contributed by atoms with Crippen LogP contribution in [0.4, 0.5) is 5.13 Å². The topological polar surface area (TPSA) is 146 Å². The SMILES string of the molecule is COCC(C)Oc1cc(Oc2ccc(-c3nnc(C)o3)cc2)cc(C(=O)Nc2nc(CC(=O)O)cs2)c1. The summed E-state index contributed by atoms with van der Waals surface area (Å²) in [5.74, 6) is 0.728. The molecule has 0 bridgehead atoms. The van der Waals surface area contributed by atoms with Crippen molar-refractivity contribution >= 4 is 28.3 Å². The van der Waals surface area contributed by atoms with Gasteiger partial charge in [-0.25, -0.2) is 4.98 Å². The van der Waals surface area contributed by atoms with Gasteiger partial charge in [-0.1, -0.05) is 0 Å². The van der Waals surface area contributed by atoms with Gasteiger partial charge >= 0.3 is 5.97 Å². The summed E-state index contributed by atoms with van der Waals surface area (Å²) in [6.45, 7) is 3.91. The van der Waals surface area contributed by atoms with E-state index in [1.807, 2.05) is 6.92 Å². The molecule has 2 heterocycles. The van der Waals surface area contributed by atoms with Crippen LogP contribution >= 0.6 is 11.3 Å². The zero-order chi connectivity index (χ0) is 26.4. The summed E-state index contributed by atoms with van der Waals surface area (Å²) in [6, 6.07) is 11.9. The standard InChI is InChI=1S/C25H24N4O7S/c1-14(12-33-3)34-20-8-17(23(32)27-25-26-18(13-37-25)10-22(30)31)9-21(11-20)36-19-6-4-16(5-7-19)24-29-28-15(2)35-24/h4-9,11,13-14H,10,12H2,1-3H3,(H,30,31)(H,26,27,32). The number of methoxy groups -OCH3 is 1. The fourth-order valence-corrected chi connectivity index (χ4v) is 4.02. The Morgan fingerprint density at radius 1 is 1.11 bits per heavy atom. The van der Waals surface area contributed by atoms with Crippen LogP contribution in [-0.4, -0.2) is 52.0 Å². The number of aryl methyl sites for hydroxylation is 1. The van der Waals surface area contributed by atoms with Gasteiger partial charge in [0.15, 0.2) is 5.13 Å². The first-order valence-corrected chi connectivity index (χ1v) is 12.0. The van der Waals surface area contributed by atoms with Crippen molar-refractivity contribution in [2.75, 3.05) is 19.0 Å². The largest absolute Gasteiger partial charge is 0.488 e. The molecular formula is C25H24N4O7S. The molecule has 1 unspecified atom stereocenters. The number of hydrogen-bond acceptors (Lipinski definition) is 10. The molecule has 37 heavy (non-hydrogen) atoms. The normalized spacial score (nSPS) is 11.6. The Kier molecular flexibility index (Phi) is 8.11. The molecule has 0 aliphatic rings. The summed E-state index contributed by atoms with van der Waals surface area (Å²) in [7, 11) is 1.57. The van der Waals surface area contributed by atoms with Gasteiger partial charge in [-0.15, -0.1) is 21.5 Å². The number of carboxylic acids is 1. The number of benzene rings is 2. The van der Waals surface area contributed by atoms with Crippen LogP contribution in [0.1, 0.15) is 28.9 Å².